The van der Waals surface area contributed by atoms with E-state index in [-0.39, 0.29) is 35.9 Å². The first-order valence-corrected chi connectivity index (χ1v) is 14.4. The van der Waals surface area contributed by atoms with Crippen LogP contribution in [-0.4, -0.2) is 69.7 Å². The van der Waals surface area contributed by atoms with Gasteiger partial charge in [-0.2, -0.15) is 0 Å². The predicted octanol–water partition coefficient (Wildman–Crippen LogP) is 4.27. The zero-order valence-electron chi connectivity index (χ0n) is 24.0. The largest absolute Gasteiger partial charge is 0.458 e. The molecule has 4 heterocycles. The lowest BCUT2D eigenvalue weighted by Gasteiger charge is -2.36. The van der Waals surface area contributed by atoms with Gasteiger partial charge in [-0.15, -0.1) is 0 Å². The minimum atomic E-state index is -1.25. The van der Waals surface area contributed by atoms with E-state index in [0.29, 0.717) is 25.9 Å². The van der Waals surface area contributed by atoms with Gasteiger partial charge in [0.2, 0.25) is 0 Å². The van der Waals surface area contributed by atoms with Crippen LogP contribution in [0.5, 0.6) is 0 Å². The lowest BCUT2D eigenvalue weighted by atomic mass is 9.71. The molecule has 0 aliphatic carbocycles. The number of hydrogen-bond acceptors (Lipinski definition) is 8. The van der Waals surface area contributed by atoms with Crippen LogP contribution in [0.25, 0.3) is 6.08 Å². The van der Waals surface area contributed by atoms with Crippen molar-refractivity contribution in [3.05, 3.63) is 35.7 Å². The number of carbonyl (C=O) groups is 2. The summed E-state index contributed by atoms with van der Waals surface area (Å²) in [6.45, 7) is 9.96. The van der Waals surface area contributed by atoms with Crippen molar-refractivity contribution in [3.8, 4) is 0 Å². The molecule has 2 N–H and O–H groups in total. The lowest BCUT2D eigenvalue weighted by molar-refractivity contribution is -0.154. The number of pyridine rings is 1. The number of aromatic nitrogens is 1. The number of esters is 1. The Labute approximate surface area is 232 Å². The van der Waals surface area contributed by atoms with Crippen molar-refractivity contribution < 1.29 is 34.0 Å². The Bertz CT molecular complexity index is 1040. The molecule has 8 nitrogen and oxygen atoms in total. The van der Waals surface area contributed by atoms with Crippen molar-refractivity contribution in [1.82, 2.24) is 4.98 Å². The molecule has 0 bridgehead atoms. The third-order valence-corrected chi connectivity index (χ3v) is 9.00. The van der Waals surface area contributed by atoms with E-state index in [9.17, 15) is 19.8 Å². The van der Waals surface area contributed by atoms with Gasteiger partial charge in [-0.3, -0.25) is 14.6 Å². The van der Waals surface area contributed by atoms with Gasteiger partial charge in [0, 0.05) is 18.5 Å². The fraction of sp³-hybridized carbons (Fsp3) is 0.710. The van der Waals surface area contributed by atoms with E-state index in [1.807, 2.05) is 38.1 Å². The number of cyclic esters (lactones) is 1. The minimum Gasteiger partial charge on any atom is -0.458 e. The number of aliphatic hydroxyl groups is 2. The van der Waals surface area contributed by atoms with Crippen molar-refractivity contribution in [2.75, 3.05) is 6.61 Å². The normalized spacial score (nSPS) is 38.0. The first-order chi connectivity index (χ1) is 18.4. The zero-order valence-corrected chi connectivity index (χ0v) is 24.0. The van der Waals surface area contributed by atoms with E-state index < -0.39 is 35.6 Å². The highest BCUT2D eigenvalue weighted by Gasteiger charge is 2.53. The smallest absolute Gasteiger partial charge is 0.309 e. The third-order valence-electron chi connectivity index (χ3n) is 9.00. The zero-order chi connectivity index (χ0) is 28.4. The number of rotatable bonds is 5. The fourth-order valence-electron chi connectivity index (χ4n) is 5.78. The summed E-state index contributed by atoms with van der Waals surface area (Å²) in [6.07, 6.45) is 4.81. The van der Waals surface area contributed by atoms with Crippen LogP contribution in [0.2, 0.25) is 0 Å². The van der Waals surface area contributed by atoms with Crippen LogP contribution in [0.1, 0.15) is 85.3 Å². The molecular weight excluding hydrogens is 498 g/mol. The number of aliphatic hydroxyl groups excluding tert-OH is 2. The highest BCUT2D eigenvalue weighted by Crippen LogP contribution is 2.45. The Balaban J connectivity index is 1.57. The quantitative estimate of drug-likeness (QED) is 0.417. The second kappa shape index (κ2) is 12.2. The van der Waals surface area contributed by atoms with Gasteiger partial charge in [-0.1, -0.05) is 33.3 Å². The number of ketones is 1. The molecule has 3 aliphatic rings. The number of ether oxygens (including phenoxy) is 3. The average Bonchev–Trinajstić information content (AvgIpc) is 3.81. The molecule has 3 aliphatic heterocycles. The Morgan fingerprint density at radius 2 is 1.92 bits per heavy atom. The van der Waals surface area contributed by atoms with Crippen LogP contribution in [0.15, 0.2) is 30.0 Å². The van der Waals surface area contributed by atoms with E-state index in [4.69, 9.17) is 14.2 Å². The summed E-state index contributed by atoms with van der Waals surface area (Å²) < 4.78 is 17.4. The van der Waals surface area contributed by atoms with E-state index in [1.165, 1.54) is 0 Å². The van der Waals surface area contributed by atoms with Crippen LogP contribution >= 0.6 is 0 Å². The standard InChI is InChI=1S/C31H45NO7/c1-19-9-8-13-31(5)26(39-31)16-24(20(2)15-21-10-6-7-14-32-21)38-27(34)17-25(33)30(3,4)29(36)23(28(19)35)12-11-22-18-37-22/h6-7,10,14-15,19,22-26,28,33,35H,8-9,11-13,16-18H2,1-5H3. The van der Waals surface area contributed by atoms with Gasteiger partial charge in [-0.25, -0.2) is 0 Å². The third kappa shape index (κ3) is 7.54. The topological polar surface area (TPSA) is 122 Å². The lowest BCUT2D eigenvalue weighted by Crippen LogP contribution is -2.47. The van der Waals surface area contributed by atoms with Crippen LogP contribution < -0.4 is 0 Å². The Morgan fingerprint density at radius 1 is 1.18 bits per heavy atom. The summed E-state index contributed by atoms with van der Waals surface area (Å²) in [7, 11) is 0. The second-order valence-electron chi connectivity index (χ2n) is 12.6. The molecule has 39 heavy (non-hydrogen) atoms. The average molecular weight is 544 g/mol. The molecule has 1 aromatic rings. The SMILES string of the molecule is CC(=Cc1ccccn1)C1CC2OC2(C)CCCC(C)C(O)C(CCC2CO2)C(=O)C(C)(C)C(O)CC(=O)O1. The predicted molar refractivity (Wildman–Crippen MR) is 147 cm³/mol. The van der Waals surface area contributed by atoms with Crippen LogP contribution in [0.4, 0.5) is 0 Å². The van der Waals surface area contributed by atoms with Gasteiger partial charge in [0.05, 0.1) is 54.2 Å². The number of Topliss-reactive ketones (excluding diaryl/α,β-unsaturated/α-hetero) is 1. The molecule has 0 spiro atoms. The van der Waals surface area contributed by atoms with Gasteiger partial charge >= 0.3 is 5.97 Å². The Kier molecular flexibility index (Phi) is 9.31. The fourth-order valence-corrected chi connectivity index (χ4v) is 5.78. The van der Waals surface area contributed by atoms with Gasteiger partial charge in [-0.05, 0) is 69.2 Å². The van der Waals surface area contributed by atoms with Gasteiger partial charge in [0.1, 0.15) is 11.9 Å². The first kappa shape index (κ1) is 29.8. The molecule has 3 saturated heterocycles. The summed E-state index contributed by atoms with van der Waals surface area (Å²) in [5, 5.41) is 22.4. The van der Waals surface area contributed by atoms with Crippen LogP contribution in [-0.2, 0) is 23.8 Å². The summed E-state index contributed by atoms with van der Waals surface area (Å²) in [5.41, 5.74) is 0.0420. The molecule has 0 amide bonds. The van der Waals surface area contributed by atoms with Gasteiger partial charge in [0.25, 0.3) is 0 Å². The Hall–Kier alpha value is -2.13. The monoisotopic (exact) mass is 543 g/mol. The van der Waals surface area contributed by atoms with Gasteiger partial charge in [0.15, 0.2) is 0 Å². The molecule has 8 atom stereocenters. The highest BCUT2D eigenvalue weighted by molar-refractivity contribution is 5.88. The van der Waals surface area contributed by atoms with E-state index in [1.54, 1.807) is 20.0 Å². The van der Waals surface area contributed by atoms with Crippen LogP contribution in [0, 0.1) is 17.3 Å². The molecule has 8 unspecified atom stereocenters. The minimum absolute atomic E-state index is 0.0650. The maximum Gasteiger partial charge on any atom is 0.309 e. The van der Waals surface area contributed by atoms with Crippen LogP contribution in [0.3, 0.4) is 0 Å². The molecule has 0 saturated carbocycles. The van der Waals surface area contributed by atoms with Crippen molar-refractivity contribution in [2.45, 2.75) is 116 Å². The van der Waals surface area contributed by atoms with Crippen molar-refractivity contribution in [3.63, 3.8) is 0 Å². The summed E-state index contributed by atoms with van der Waals surface area (Å²) >= 11 is 0. The molecule has 0 aromatic carbocycles. The number of hydrogen-bond donors (Lipinski definition) is 2. The van der Waals surface area contributed by atoms with E-state index in [0.717, 1.165) is 30.5 Å². The number of fused-ring (bicyclic) bond motifs is 1. The molecule has 216 valence electrons. The summed E-state index contributed by atoms with van der Waals surface area (Å²) in [5.74, 6) is -1.54. The molecule has 0 radical (unpaired) electrons. The number of nitrogens with zero attached hydrogens (tertiary/aromatic N) is 1. The molecular formula is C31H45NO7. The number of carbonyl (C=O) groups excluding carboxylic acids is 2. The highest BCUT2D eigenvalue weighted by atomic mass is 16.6. The Morgan fingerprint density at radius 3 is 2.59 bits per heavy atom. The second-order valence-corrected chi connectivity index (χ2v) is 12.6. The maximum absolute atomic E-state index is 13.8. The van der Waals surface area contributed by atoms with Crippen molar-refractivity contribution in [1.29, 1.82) is 0 Å². The van der Waals surface area contributed by atoms with Crippen molar-refractivity contribution in [2.24, 2.45) is 17.3 Å². The summed E-state index contributed by atoms with van der Waals surface area (Å²) in [6, 6.07) is 5.63. The maximum atomic E-state index is 13.8. The summed E-state index contributed by atoms with van der Waals surface area (Å²) in [4.78, 5) is 31.3. The molecule has 1 aromatic heterocycles. The van der Waals surface area contributed by atoms with Gasteiger partial charge < -0.3 is 24.4 Å². The van der Waals surface area contributed by atoms with Crippen molar-refractivity contribution >= 4 is 17.8 Å². The number of epoxide rings is 2. The molecule has 8 heteroatoms. The molecule has 4 rings (SSSR count). The van der Waals surface area contributed by atoms with E-state index >= 15 is 0 Å². The van der Waals surface area contributed by atoms with E-state index in [2.05, 4.69) is 11.9 Å². The first-order valence-electron chi connectivity index (χ1n) is 14.4. The molecule has 3 fully saturated rings.